The highest BCUT2D eigenvalue weighted by atomic mass is 19.4. The molecule has 0 aliphatic carbocycles. The monoisotopic (exact) mass is 276 g/mol. The molecular formula is C11H11F3N2O3. The van der Waals surface area contributed by atoms with Crippen molar-refractivity contribution >= 4 is 5.69 Å². The summed E-state index contributed by atoms with van der Waals surface area (Å²) < 4.78 is 40.4. The molecule has 1 aromatic carbocycles. The molecule has 8 heteroatoms. The number of nitriles is 1. The van der Waals surface area contributed by atoms with Crippen LogP contribution >= 0.6 is 0 Å². The molecule has 0 heterocycles. The molecule has 1 unspecified atom stereocenters. The average Bonchev–Trinajstić information content (AvgIpc) is 2.34. The number of benzene rings is 1. The SMILES string of the molecule is N#Cc1ccc(NCC(O)CO)c(OC(F)(F)F)c1. The normalized spacial score (nSPS) is 12.6. The molecule has 0 spiro atoms. The van der Waals surface area contributed by atoms with Crippen molar-refractivity contribution in [3.05, 3.63) is 23.8 Å². The summed E-state index contributed by atoms with van der Waals surface area (Å²) in [6.45, 7) is -0.685. The van der Waals surface area contributed by atoms with Crippen LogP contribution in [0, 0.1) is 11.3 Å². The van der Waals surface area contributed by atoms with Gasteiger partial charge < -0.3 is 20.3 Å². The molecule has 5 nitrogen and oxygen atoms in total. The summed E-state index contributed by atoms with van der Waals surface area (Å²) in [6, 6.07) is 5.15. The van der Waals surface area contributed by atoms with Gasteiger partial charge in [-0.05, 0) is 12.1 Å². The van der Waals surface area contributed by atoms with Gasteiger partial charge >= 0.3 is 6.36 Å². The number of alkyl halides is 3. The molecule has 0 aliphatic heterocycles. The maximum atomic E-state index is 12.2. The minimum atomic E-state index is -4.89. The number of rotatable bonds is 5. The number of nitrogens with one attached hydrogen (secondary N) is 1. The van der Waals surface area contributed by atoms with Crippen LogP contribution in [-0.2, 0) is 0 Å². The third-order valence-electron chi connectivity index (χ3n) is 2.08. The standard InChI is InChI=1S/C11H11F3N2O3/c12-11(13,14)19-10-3-7(4-15)1-2-9(10)16-5-8(18)6-17/h1-3,8,16-18H,5-6H2. The van der Waals surface area contributed by atoms with Gasteiger partial charge in [0.25, 0.3) is 0 Å². The van der Waals surface area contributed by atoms with Gasteiger partial charge in [0.05, 0.1) is 30.0 Å². The molecular weight excluding hydrogens is 265 g/mol. The van der Waals surface area contributed by atoms with Crippen molar-refractivity contribution in [1.82, 2.24) is 0 Å². The second-order valence-electron chi connectivity index (χ2n) is 3.59. The van der Waals surface area contributed by atoms with E-state index in [1.54, 1.807) is 6.07 Å². The van der Waals surface area contributed by atoms with Crippen LogP contribution in [-0.4, -0.2) is 35.8 Å². The zero-order valence-corrected chi connectivity index (χ0v) is 9.61. The van der Waals surface area contributed by atoms with Gasteiger partial charge in [0.15, 0.2) is 5.75 Å². The van der Waals surface area contributed by atoms with Crippen molar-refractivity contribution in [1.29, 1.82) is 5.26 Å². The van der Waals surface area contributed by atoms with Crippen LogP contribution in [0.1, 0.15) is 5.56 Å². The topological polar surface area (TPSA) is 85.5 Å². The van der Waals surface area contributed by atoms with E-state index in [1.165, 1.54) is 12.1 Å². The molecule has 0 bridgehead atoms. The number of aliphatic hydroxyl groups excluding tert-OH is 2. The zero-order chi connectivity index (χ0) is 14.5. The van der Waals surface area contributed by atoms with Crippen LogP contribution in [0.5, 0.6) is 5.75 Å². The Labute approximate surface area is 106 Å². The largest absolute Gasteiger partial charge is 0.573 e. The highest BCUT2D eigenvalue weighted by Crippen LogP contribution is 2.31. The van der Waals surface area contributed by atoms with Crippen molar-refractivity contribution < 1.29 is 28.1 Å². The fraction of sp³-hybridized carbons (Fsp3) is 0.364. The molecule has 1 atom stereocenters. The van der Waals surface area contributed by atoms with Crippen molar-refractivity contribution in [2.45, 2.75) is 12.5 Å². The summed E-state index contributed by atoms with van der Waals surface area (Å²) in [7, 11) is 0. The molecule has 1 rings (SSSR count). The summed E-state index contributed by atoms with van der Waals surface area (Å²) in [4.78, 5) is 0. The Bertz CT molecular complexity index is 471. The highest BCUT2D eigenvalue weighted by Gasteiger charge is 2.32. The van der Waals surface area contributed by atoms with E-state index in [4.69, 9.17) is 15.5 Å². The first kappa shape index (κ1) is 15.1. The van der Waals surface area contributed by atoms with E-state index in [2.05, 4.69) is 10.1 Å². The molecule has 0 saturated carbocycles. The lowest BCUT2D eigenvalue weighted by atomic mass is 10.2. The smallest absolute Gasteiger partial charge is 0.404 e. The summed E-state index contributed by atoms with van der Waals surface area (Å²) in [5, 5.41) is 28.8. The number of anilines is 1. The van der Waals surface area contributed by atoms with Gasteiger partial charge in [0.1, 0.15) is 0 Å². The fourth-order valence-corrected chi connectivity index (χ4v) is 1.24. The molecule has 0 saturated heterocycles. The highest BCUT2D eigenvalue weighted by molar-refractivity contribution is 5.59. The molecule has 0 aromatic heterocycles. The zero-order valence-electron chi connectivity index (χ0n) is 9.61. The number of nitrogens with zero attached hydrogens (tertiary/aromatic N) is 1. The van der Waals surface area contributed by atoms with E-state index in [-0.39, 0.29) is 17.8 Å². The minimum absolute atomic E-state index is 0.00695. The van der Waals surface area contributed by atoms with Crippen molar-refractivity contribution in [3.63, 3.8) is 0 Å². The summed E-state index contributed by atoms with van der Waals surface area (Å²) in [6.07, 6.45) is -6.01. The lowest BCUT2D eigenvalue weighted by Crippen LogP contribution is -2.24. The Kier molecular flexibility index (Phi) is 4.97. The van der Waals surface area contributed by atoms with E-state index in [1.807, 2.05) is 0 Å². The van der Waals surface area contributed by atoms with Crippen molar-refractivity contribution in [2.24, 2.45) is 0 Å². The van der Waals surface area contributed by atoms with Gasteiger partial charge in [0, 0.05) is 12.6 Å². The average molecular weight is 276 g/mol. The first-order valence-corrected chi connectivity index (χ1v) is 5.18. The molecule has 0 amide bonds. The Morgan fingerprint density at radius 1 is 1.42 bits per heavy atom. The molecule has 0 radical (unpaired) electrons. The first-order chi connectivity index (χ1) is 8.85. The molecule has 0 fully saturated rings. The van der Waals surface area contributed by atoms with Gasteiger partial charge in [-0.3, -0.25) is 0 Å². The van der Waals surface area contributed by atoms with Crippen LogP contribution < -0.4 is 10.1 Å². The number of ether oxygens (including phenoxy) is 1. The lowest BCUT2D eigenvalue weighted by Gasteiger charge is -2.16. The first-order valence-electron chi connectivity index (χ1n) is 5.18. The summed E-state index contributed by atoms with van der Waals surface area (Å²) in [5.41, 5.74) is -0.0312. The Balaban J connectivity index is 2.93. The predicted octanol–water partition coefficient (Wildman–Crippen LogP) is 1.22. The van der Waals surface area contributed by atoms with Gasteiger partial charge in [-0.2, -0.15) is 5.26 Å². The predicted molar refractivity (Wildman–Crippen MR) is 59.4 cm³/mol. The van der Waals surface area contributed by atoms with E-state index in [0.29, 0.717) is 0 Å². The summed E-state index contributed by atoms with van der Waals surface area (Å²) in [5.74, 6) is -0.573. The molecule has 0 aliphatic rings. The van der Waals surface area contributed by atoms with Crippen LogP contribution in [0.15, 0.2) is 18.2 Å². The van der Waals surface area contributed by atoms with Crippen LogP contribution in [0.2, 0.25) is 0 Å². The Hall–Kier alpha value is -1.98. The number of aliphatic hydroxyl groups is 2. The summed E-state index contributed by atoms with van der Waals surface area (Å²) >= 11 is 0. The Morgan fingerprint density at radius 2 is 2.11 bits per heavy atom. The van der Waals surface area contributed by atoms with E-state index >= 15 is 0 Å². The van der Waals surface area contributed by atoms with Gasteiger partial charge in [-0.15, -0.1) is 13.2 Å². The third-order valence-corrected chi connectivity index (χ3v) is 2.08. The molecule has 3 N–H and O–H groups in total. The number of hydrogen-bond donors (Lipinski definition) is 3. The number of halogens is 3. The number of hydrogen-bond acceptors (Lipinski definition) is 5. The second-order valence-corrected chi connectivity index (χ2v) is 3.59. The van der Waals surface area contributed by atoms with E-state index in [9.17, 15) is 13.2 Å². The Morgan fingerprint density at radius 3 is 2.63 bits per heavy atom. The van der Waals surface area contributed by atoms with E-state index in [0.717, 1.165) is 6.07 Å². The second kappa shape index (κ2) is 6.26. The molecule has 19 heavy (non-hydrogen) atoms. The quantitative estimate of drug-likeness (QED) is 0.753. The van der Waals surface area contributed by atoms with Crippen LogP contribution in [0.3, 0.4) is 0 Å². The van der Waals surface area contributed by atoms with Crippen LogP contribution in [0.25, 0.3) is 0 Å². The maximum Gasteiger partial charge on any atom is 0.573 e. The van der Waals surface area contributed by atoms with Gasteiger partial charge in [-0.25, -0.2) is 0 Å². The minimum Gasteiger partial charge on any atom is -0.404 e. The van der Waals surface area contributed by atoms with Crippen LogP contribution in [0.4, 0.5) is 18.9 Å². The van der Waals surface area contributed by atoms with Crippen molar-refractivity contribution in [3.8, 4) is 11.8 Å². The molecule has 104 valence electrons. The lowest BCUT2D eigenvalue weighted by molar-refractivity contribution is -0.274. The van der Waals surface area contributed by atoms with Gasteiger partial charge in [-0.1, -0.05) is 0 Å². The van der Waals surface area contributed by atoms with E-state index < -0.39 is 24.8 Å². The molecule has 1 aromatic rings. The maximum absolute atomic E-state index is 12.2. The van der Waals surface area contributed by atoms with Crippen molar-refractivity contribution in [2.75, 3.05) is 18.5 Å². The fourth-order valence-electron chi connectivity index (χ4n) is 1.24. The third kappa shape index (κ3) is 5.03. The van der Waals surface area contributed by atoms with Gasteiger partial charge in [0.2, 0.25) is 0 Å².